The molecular formula is C15H22FNO. The molecule has 1 N–H and O–H groups in total. The van der Waals surface area contributed by atoms with E-state index in [0.29, 0.717) is 12.6 Å². The fourth-order valence-electron chi connectivity index (χ4n) is 2.77. The quantitative estimate of drug-likeness (QED) is 0.889. The Kier molecular flexibility index (Phi) is 4.72. The lowest BCUT2D eigenvalue weighted by atomic mass is 9.96. The molecule has 0 radical (unpaired) electrons. The van der Waals surface area contributed by atoms with Crippen molar-refractivity contribution in [1.82, 2.24) is 4.90 Å². The Balaban J connectivity index is 2.03. The minimum Gasteiger partial charge on any atom is -0.393 e. The van der Waals surface area contributed by atoms with Crippen LogP contribution in [-0.4, -0.2) is 28.7 Å². The van der Waals surface area contributed by atoms with Crippen molar-refractivity contribution in [2.24, 2.45) is 0 Å². The van der Waals surface area contributed by atoms with Gasteiger partial charge in [0.05, 0.1) is 6.10 Å². The van der Waals surface area contributed by atoms with Crippen LogP contribution >= 0.6 is 0 Å². The van der Waals surface area contributed by atoms with Gasteiger partial charge in [0, 0.05) is 18.2 Å². The van der Waals surface area contributed by atoms with E-state index in [0.717, 1.165) is 24.9 Å². The fourth-order valence-corrected chi connectivity index (χ4v) is 2.77. The Hall–Kier alpha value is -0.930. The molecule has 2 rings (SSSR count). The molecule has 1 aromatic carbocycles. The van der Waals surface area contributed by atoms with Gasteiger partial charge in [0.1, 0.15) is 5.82 Å². The van der Waals surface area contributed by atoms with Crippen LogP contribution in [0.2, 0.25) is 0 Å². The topological polar surface area (TPSA) is 23.5 Å². The standard InChI is InChI=1S/C15H22FNO/c1-12(18)10-14-7-4-5-9-17(14)11-13-6-2-3-8-15(13)16/h2-3,6,8,12,14,18H,4-5,7,9-11H2,1H3. The first-order valence-corrected chi connectivity index (χ1v) is 6.82. The lowest BCUT2D eigenvalue weighted by Crippen LogP contribution is -2.40. The molecule has 1 aromatic rings. The van der Waals surface area contributed by atoms with Gasteiger partial charge in [0.2, 0.25) is 0 Å². The van der Waals surface area contributed by atoms with Gasteiger partial charge in [-0.2, -0.15) is 0 Å². The molecule has 2 nitrogen and oxygen atoms in total. The average molecular weight is 251 g/mol. The lowest BCUT2D eigenvalue weighted by molar-refractivity contribution is 0.0810. The Morgan fingerprint density at radius 3 is 2.89 bits per heavy atom. The highest BCUT2D eigenvalue weighted by molar-refractivity contribution is 5.17. The summed E-state index contributed by atoms with van der Waals surface area (Å²) in [4.78, 5) is 2.31. The molecule has 0 amide bonds. The zero-order chi connectivity index (χ0) is 13.0. The van der Waals surface area contributed by atoms with E-state index in [4.69, 9.17) is 0 Å². The van der Waals surface area contributed by atoms with Crippen LogP contribution in [0.4, 0.5) is 4.39 Å². The molecule has 1 fully saturated rings. The number of rotatable bonds is 4. The van der Waals surface area contributed by atoms with E-state index in [2.05, 4.69) is 4.90 Å². The maximum Gasteiger partial charge on any atom is 0.127 e. The van der Waals surface area contributed by atoms with E-state index in [1.165, 1.54) is 18.9 Å². The van der Waals surface area contributed by atoms with Crippen molar-refractivity contribution in [2.45, 2.75) is 51.3 Å². The van der Waals surface area contributed by atoms with Crippen LogP contribution in [-0.2, 0) is 6.54 Å². The fraction of sp³-hybridized carbons (Fsp3) is 0.600. The molecule has 0 spiro atoms. The smallest absolute Gasteiger partial charge is 0.127 e. The molecule has 0 bridgehead atoms. The van der Waals surface area contributed by atoms with E-state index in [1.54, 1.807) is 6.07 Å². The summed E-state index contributed by atoms with van der Waals surface area (Å²) in [5.41, 5.74) is 0.759. The number of piperidine rings is 1. The molecule has 2 atom stereocenters. The number of likely N-dealkylation sites (tertiary alicyclic amines) is 1. The zero-order valence-corrected chi connectivity index (χ0v) is 11.0. The number of benzene rings is 1. The number of hydrogen-bond acceptors (Lipinski definition) is 2. The van der Waals surface area contributed by atoms with Crippen LogP contribution in [0.5, 0.6) is 0 Å². The summed E-state index contributed by atoms with van der Waals surface area (Å²) in [7, 11) is 0. The molecule has 0 aromatic heterocycles. The SMILES string of the molecule is CC(O)CC1CCCCN1Cc1ccccc1F. The molecule has 1 aliphatic rings. The van der Waals surface area contributed by atoms with Crippen molar-refractivity contribution in [3.63, 3.8) is 0 Å². The largest absolute Gasteiger partial charge is 0.393 e. The van der Waals surface area contributed by atoms with Gasteiger partial charge in [-0.1, -0.05) is 24.6 Å². The van der Waals surface area contributed by atoms with Gasteiger partial charge >= 0.3 is 0 Å². The number of aliphatic hydroxyl groups is 1. The third-order valence-corrected chi connectivity index (χ3v) is 3.69. The summed E-state index contributed by atoms with van der Waals surface area (Å²) >= 11 is 0. The van der Waals surface area contributed by atoms with Crippen LogP contribution < -0.4 is 0 Å². The molecule has 18 heavy (non-hydrogen) atoms. The van der Waals surface area contributed by atoms with E-state index in [1.807, 2.05) is 19.1 Å². The normalized spacial score (nSPS) is 22.9. The molecule has 1 saturated heterocycles. The van der Waals surface area contributed by atoms with Crippen LogP contribution in [0.1, 0.15) is 38.2 Å². The second-order valence-corrected chi connectivity index (χ2v) is 5.30. The second-order valence-electron chi connectivity index (χ2n) is 5.30. The molecule has 0 saturated carbocycles. The van der Waals surface area contributed by atoms with Gasteiger partial charge in [0.15, 0.2) is 0 Å². The van der Waals surface area contributed by atoms with Crippen molar-refractivity contribution >= 4 is 0 Å². The van der Waals surface area contributed by atoms with Gasteiger partial charge in [-0.3, -0.25) is 4.90 Å². The summed E-state index contributed by atoms with van der Waals surface area (Å²) in [5.74, 6) is -0.126. The highest BCUT2D eigenvalue weighted by Crippen LogP contribution is 2.23. The highest BCUT2D eigenvalue weighted by atomic mass is 19.1. The van der Waals surface area contributed by atoms with E-state index in [-0.39, 0.29) is 11.9 Å². The first kappa shape index (κ1) is 13.5. The highest BCUT2D eigenvalue weighted by Gasteiger charge is 2.24. The summed E-state index contributed by atoms with van der Waals surface area (Å²) < 4.78 is 13.7. The van der Waals surface area contributed by atoms with E-state index in [9.17, 15) is 9.50 Å². The molecule has 1 heterocycles. The monoisotopic (exact) mass is 251 g/mol. The maximum absolute atomic E-state index is 13.7. The Bertz CT molecular complexity index is 381. The summed E-state index contributed by atoms with van der Waals surface area (Å²) in [6, 6.07) is 7.36. The second kappa shape index (κ2) is 6.30. The molecule has 1 aliphatic heterocycles. The first-order valence-electron chi connectivity index (χ1n) is 6.82. The number of halogens is 1. The van der Waals surface area contributed by atoms with Gasteiger partial charge in [-0.05, 0) is 38.8 Å². The summed E-state index contributed by atoms with van der Waals surface area (Å²) in [5, 5.41) is 9.54. The van der Waals surface area contributed by atoms with E-state index >= 15 is 0 Å². The first-order chi connectivity index (χ1) is 8.66. The number of nitrogens with zero attached hydrogens (tertiary/aromatic N) is 1. The van der Waals surface area contributed by atoms with Crippen LogP contribution in [0.25, 0.3) is 0 Å². The molecule has 3 heteroatoms. The van der Waals surface area contributed by atoms with Crippen LogP contribution in [0.3, 0.4) is 0 Å². The zero-order valence-electron chi connectivity index (χ0n) is 11.0. The minimum absolute atomic E-state index is 0.126. The minimum atomic E-state index is -0.281. The van der Waals surface area contributed by atoms with Crippen LogP contribution in [0, 0.1) is 5.82 Å². The summed E-state index contributed by atoms with van der Waals surface area (Å²) in [6.07, 6.45) is 4.00. The van der Waals surface area contributed by atoms with Crippen molar-refractivity contribution in [3.8, 4) is 0 Å². The number of hydrogen-bond donors (Lipinski definition) is 1. The molecule has 100 valence electrons. The van der Waals surface area contributed by atoms with E-state index < -0.39 is 0 Å². The van der Waals surface area contributed by atoms with Gasteiger partial charge < -0.3 is 5.11 Å². The van der Waals surface area contributed by atoms with Crippen molar-refractivity contribution < 1.29 is 9.50 Å². The Labute approximate surface area is 108 Å². The average Bonchev–Trinajstić information content (AvgIpc) is 2.34. The van der Waals surface area contributed by atoms with Crippen molar-refractivity contribution in [3.05, 3.63) is 35.6 Å². The van der Waals surface area contributed by atoms with Crippen molar-refractivity contribution in [1.29, 1.82) is 0 Å². The third-order valence-electron chi connectivity index (χ3n) is 3.69. The van der Waals surface area contributed by atoms with Crippen LogP contribution in [0.15, 0.2) is 24.3 Å². The Morgan fingerprint density at radius 2 is 2.17 bits per heavy atom. The Morgan fingerprint density at radius 1 is 1.39 bits per heavy atom. The van der Waals surface area contributed by atoms with Crippen molar-refractivity contribution in [2.75, 3.05) is 6.54 Å². The van der Waals surface area contributed by atoms with Gasteiger partial charge in [0.25, 0.3) is 0 Å². The number of aliphatic hydroxyl groups excluding tert-OH is 1. The predicted octanol–water partition coefficient (Wildman–Crippen LogP) is 2.95. The van der Waals surface area contributed by atoms with Gasteiger partial charge in [-0.15, -0.1) is 0 Å². The molecular weight excluding hydrogens is 229 g/mol. The third kappa shape index (κ3) is 3.53. The lowest BCUT2D eigenvalue weighted by Gasteiger charge is -2.36. The molecule has 2 unspecified atom stereocenters. The van der Waals surface area contributed by atoms with Gasteiger partial charge in [-0.25, -0.2) is 4.39 Å². The molecule has 0 aliphatic carbocycles. The predicted molar refractivity (Wildman–Crippen MR) is 70.7 cm³/mol. The maximum atomic E-state index is 13.7. The summed E-state index contributed by atoms with van der Waals surface area (Å²) in [6.45, 7) is 3.49.